The van der Waals surface area contributed by atoms with Gasteiger partial charge in [0.05, 0.1) is 0 Å². The van der Waals surface area contributed by atoms with Crippen molar-refractivity contribution in [3.05, 3.63) is 59.9 Å². The predicted molar refractivity (Wildman–Crippen MR) is 64.6 cm³/mol. The summed E-state index contributed by atoms with van der Waals surface area (Å²) in [5.74, 6) is -0.199. The van der Waals surface area contributed by atoms with Crippen LogP contribution in [0.3, 0.4) is 0 Å². The van der Waals surface area contributed by atoms with Gasteiger partial charge in [-0.3, -0.25) is 0 Å². The average molecular weight is 215 g/mol. The Kier molecular flexibility index (Phi) is 3.32. The molecule has 0 saturated carbocycles. The monoisotopic (exact) mass is 215 g/mol. The molecule has 0 heterocycles. The lowest BCUT2D eigenvalue weighted by atomic mass is 10.0. The Hall–Kier alpha value is -1.67. The molecule has 0 atom stereocenters. The van der Waals surface area contributed by atoms with Crippen LogP contribution in [0.4, 0.5) is 4.39 Å². The fraction of sp³-hybridized carbons (Fsp3) is 0.143. The van der Waals surface area contributed by atoms with Gasteiger partial charge in [-0.05, 0) is 35.9 Å². The lowest BCUT2D eigenvalue weighted by Crippen LogP contribution is -2.04. The summed E-state index contributed by atoms with van der Waals surface area (Å²) in [6.07, 6.45) is 0. The minimum Gasteiger partial charge on any atom is -0.316 e. The summed E-state index contributed by atoms with van der Waals surface area (Å²) in [5.41, 5.74) is 3.39. The van der Waals surface area contributed by atoms with E-state index in [4.69, 9.17) is 0 Å². The zero-order chi connectivity index (χ0) is 11.4. The molecular formula is C14H14FN. The molecule has 0 bridgehead atoms. The SMILES string of the molecule is CNCc1ccc(-c2ccc(F)cc2)cc1. The number of halogens is 1. The maximum absolute atomic E-state index is 12.8. The quantitative estimate of drug-likeness (QED) is 0.829. The number of hydrogen-bond donors (Lipinski definition) is 1. The van der Waals surface area contributed by atoms with Gasteiger partial charge in [0, 0.05) is 6.54 Å². The second-order valence-corrected chi connectivity index (χ2v) is 3.73. The molecule has 1 N–H and O–H groups in total. The first-order valence-electron chi connectivity index (χ1n) is 5.29. The Balaban J connectivity index is 2.24. The van der Waals surface area contributed by atoms with Crippen LogP contribution in [0, 0.1) is 5.82 Å². The van der Waals surface area contributed by atoms with Crippen molar-refractivity contribution in [2.75, 3.05) is 7.05 Å². The topological polar surface area (TPSA) is 12.0 Å². The molecule has 82 valence electrons. The van der Waals surface area contributed by atoms with Crippen molar-refractivity contribution in [1.82, 2.24) is 5.32 Å². The van der Waals surface area contributed by atoms with E-state index < -0.39 is 0 Å². The summed E-state index contributed by atoms with van der Waals surface area (Å²) in [5, 5.41) is 3.10. The number of hydrogen-bond acceptors (Lipinski definition) is 1. The second-order valence-electron chi connectivity index (χ2n) is 3.73. The Labute approximate surface area is 94.9 Å². The van der Waals surface area contributed by atoms with Crippen molar-refractivity contribution in [2.24, 2.45) is 0 Å². The number of nitrogens with one attached hydrogen (secondary N) is 1. The van der Waals surface area contributed by atoms with Crippen LogP contribution >= 0.6 is 0 Å². The highest BCUT2D eigenvalue weighted by atomic mass is 19.1. The molecule has 0 aromatic heterocycles. The molecular weight excluding hydrogens is 201 g/mol. The van der Waals surface area contributed by atoms with E-state index in [0.29, 0.717) is 0 Å². The highest BCUT2D eigenvalue weighted by Gasteiger charge is 1.98. The smallest absolute Gasteiger partial charge is 0.123 e. The van der Waals surface area contributed by atoms with Gasteiger partial charge >= 0.3 is 0 Å². The minimum atomic E-state index is -0.199. The largest absolute Gasteiger partial charge is 0.316 e. The van der Waals surface area contributed by atoms with Crippen LogP contribution in [-0.4, -0.2) is 7.05 Å². The van der Waals surface area contributed by atoms with Crippen LogP contribution in [0.15, 0.2) is 48.5 Å². The molecule has 0 spiro atoms. The third-order valence-corrected chi connectivity index (χ3v) is 2.51. The van der Waals surface area contributed by atoms with Gasteiger partial charge in [-0.25, -0.2) is 4.39 Å². The van der Waals surface area contributed by atoms with E-state index in [1.54, 1.807) is 12.1 Å². The molecule has 0 saturated heterocycles. The maximum atomic E-state index is 12.8. The Bertz CT molecular complexity index is 445. The summed E-state index contributed by atoms with van der Waals surface area (Å²) in [6, 6.07) is 14.8. The zero-order valence-electron chi connectivity index (χ0n) is 9.20. The van der Waals surface area contributed by atoms with E-state index in [0.717, 1.165) is 17.7 Å². The van der Waals surface area contributed by atoms with Gasteiger partial charge in [0.1, 0.15) is 5.82 Å². The molecule has 0 aliphatic heterocycles. The first kappa shape index (κ1) is 10.8. The molecule has 16 heavy (non-hydrogen) atoms. The zero-order valence-corrected chi connectivity index (χ0v) is 9.20. The van der Waals surface area contributed by atoms with Gasteiger partial charge in [0.15, 0.2) is 0 Å². The third-order valence-electron chi connectivity index (χ3n) is 2.51. The predicted octanol–water partition coefficient (Wildman–Crippen LogP) is 3.21. The Morgan fingerprint density at radius 3 is 1.88 bits per heavy atom. The van der Waals surface area contributed by atoms with Gasteiger partial charge in [-0.1, -0.05) is 36.4 Å². The lowest BCUT2D eigenvalue weighted by molar-refractivity contribution is 0.628. The van der Waals surface area contributed by atoms with E-state index in [2.05, 4.69) is 29.6 Å². The highest BCUT2D eigenvalue weighted by molar-refractivity contribution is 5.63. The molecule has 2 aromatic rings. The molecule has 0 fully saturated rings. The number of benzene rings is 2. The van der Waals surface area contributed by atoms with E-state index in [1.807, 2.05) is 7.05 Å². The van der Waals surface area contributed by atoms with Crippen molar-refractivity contribution < 1.29 is 4.39 Å². The summed E-state index contributed by atoms with van der Waals surface area (Å²) >= 11 is 0. The van der Waals surface area contributed by atoms with Crippen molar-refractivity contribution in [3.63, 3.8) is 0 Å². The Morgan fingerprint density at radius 1 is 0.875 bits per heavy atom. The van der Waals surface area contributed by atoms with Crippen molar-refractivity contribution in [2.45, 2.75) is 6.54 Å². The van der Waals surface area contributed by atoms with Crippen LogP contribution < -0.4 is 5.32 Å². The van der Waals surface area contributed by atoms with E-state index in [-0.39, 0.29) is 5.82 Å². The third kappa shape index (κ3) is 2.47. The highest BCUT2D eigenvalue weighted by Crippen LogP contribution is 2.19. The molecule has 2 aromatic carbocycles. The first-order valence-corrected chi connectivity index (χ1v) is 5.29. The van der Waals surface area contributed by atoms with Crippen molar-refractivity contribution >= 4 is 0 Å². The standard InChI is InChI=1S/C14H14FN/c1-16-10-11-2-4-12(5-3-11)13-6-8-14(15)9-7-13/h2-9,16H,10H2,1H3. The normalized spacial score (nSPS) is 10.4. The summed E-state index contributed by atoms with van der Waals surface area (Å²) in [4.78, 5) is 0. The van der Waals surface area contributed by atoms with Crippen LogP contribution in [0.5, 0.6) is 0 Å². The fourth-order valence-corrected chi connectivity index (χ4v) is 1.66. The minimum absolute atomic E-state index is 0.199. The summed E-state index contributed by atoms with van der Waals surface area (Å²) < 4.78 is 12.8. The molecule has 0 unspecified atom stereocenters. The molecule has 0 aliphatic rings. The summed E-state index contributed by atoms with van der Waals surface area (Å²) in [7, 11) is 1.92. The molecule has 0 radical (unpaired) electrons. The van der Waals surface area contributed by atoms with Crippen LogP contribution in [0.1, 0.15) is 5.56 Å². The number of rotatable bonds is 3. The fourth-order valence-electron chi connectivity index (χ4n) is 1.66. The van der Waals surface area contributed by atoms with Crippen LogP contribution in [-0.2, 0) is 6.54 Å². The van der Waals surface area contributed by atoms with Gasteiger partial charge in [0.25, 0.3) is 0 Å². The molecule has 2 heteroatoms. The maximum Gasteiger partial charge on any atom is 0.123 e. The molecule has 1 nitrogen and oxygen atoms in total. The van der Waals surface area contributed by atoms with Crippen LogP contribution in [0.2, 0.25) is 0 Å². The van der Waals surface area contributed by atoms with Crippen LogP contribution in [0.25, 0.3) is 11.1 Å². The summed E-state index contributed by atoms with van der Waals surface area (Å²) in [6.45, 7) is 0.865. The van der Waals surface area contributed by atoms with E-state index >= 15 is 0 Å². The Morgan fingerprint density at radius 2 is 1.38 bits per heavy atom. The molecule has 0 amide bonds. The molecule has 0 aliphatic carbocycles. The van der Waals surface area contributed by atoms with Gasteiger partial charge in [-0.2, -0.15) is 0 Å². The van der Waals surface area contributed by atoms with Gasteiger partial charge < -0.3 is 5.32 Å². The lowest BCUT2D eigenvalue weighted by Gasteiger charge is -2.04. The van der Waals surface area contributed by atoms with Gasteiger partial charge in [-0.15, -0.1) is 0 Å². The molecule has 2 rings (SSSR count). The van der Waals surface area contributed by atoms with E-state index in [9.17, 15) is 4.39 Å². The van der Waals surface area contributed by atoms with E-state index in [1.165, 1.54) is 17.7 Å². The van der Waals surface area contributed by atoms with Crippen molar-refractivity contribution in [1.29, 1.82) is 0 Å². The van der Waals surface area contributed by atoms with Gasteiger partial charge in [0.2, 0.25) is 0 Å². The van der Waals surface area contributed by atoms with Crippen molar-refractivity contribution in [3.8, 4) is 11.1 Å². The second kappa shape index (κ2) is 4.90. The average Bonchev–Trinajstić information content (AvgIpc) is 2.32. The first-order chi connectivity index (χ1) is 7.79.